The summed E-state index contributed by atoms with van der Waals surface area (Å²) < 4.78 is 0. The molecule has 0 saturated heterocycles. The number of nitro groups is 1. The van der Waals surface area contributed by atoms with E-state index in [2.05, 4.69) is 4.99 Å². The summed E-state index contributed by atoms with van der Waals surface area (Å²) in [5.41, 5.74) is 13.8. The molecule has 176 valence electrons. The molecule has 0 spiro atoms. The summed E-state index contributed by atoms with van der Waals surface area (Å²) >= 11 is 6.00. The summed E-state index contributed by atoms with van der Waals surface area (Å²) in [6.07, 6.45) is 0. The molecule has 0 radical (unpaired) electrons. The fourth-order valence-electron chi connectivity index (χ4n) is 3.29. The molecule has 3 aromatic rings. The molecule has 3 aromatic carbocycles. The van der Waals surface area contributed by atoms with Crippen molar-refractivity contribution in [1.82, 2.24) is 4.90 Å². The van der Waals surface area contributed by atoms with Crippen LogP contribution in [0.5, 0.6) is 0 Å². The smallest absolute Gasteiger partial charge is 0.324 e. The Morgan fingerprint density at radius 2 is 1.53 bits per heavy atom. The Hall–Kier alpha value is -4.11. The minimum Gasteiger partial charge on any atom is -0.370 e. The molecular weight excluding hydrogens is 456 g/mol. The SMILES string of the molecule is CN(C(=O)N(Cc1ccc(Cl)cc1)Cc1ccc(CN=C(N)N)cc1)c1cccc([N+](=O)[O-])c1. The number of non-ortho nitro benzene ring substituents is 1. The van der Waals surface area contributed by atoms with E-state index in [1.54, 1.807) is 36.2 Å². The molecule has 0 bridgehead atoms. The summed E-state index contributed by atoms with van der Waals surface area (Å²) in [6.45, 7) is 1.01. The molecule has 10 heteroatoms. The first-order valence-corrected chi connectivity index (χ1v) is 10.8. The van der Waals surface area contributed by atoms with Crippen molar-refractivity contribution in [2.45, 2.75) is 19.6 Å². The third kappa shape index (κ3) is 6.69. The number of guanidine groups is 1. The van der Waals surface area contributed by atoms with Gasteiger partial charge in [-0.05, 0) is 34.9 Å². The molecule has 0 aliphatic carbocycles. The second kappa shape index (κ2) is 11.2. The molecule has 2 amide bonds. The minimum atomic E-state index is -0.489. The van der Waals surface area contributed by atoms with Gasteiger partial charge in [0, 0.05) is 37.3 Å². The molecule has 0 heterocycles. The van der Waals surface area contributed by atoms with Crippen LogP contribution in [0.2, 0.25) is 5.02 Å². The highest BCUT2D eigenvalue weighted by Gasteiger charge is 2.21. The number of carbonyl (C=O) groups excluding carboxylic acids is 1. The van der Waals surface area contributed by atoms with E-state index in [1.807, 2.05) is 36.4 Å². The number of nitro benzene ring substituents is 1. The van der Waals surface area contributed by atoms with Crippen molar-refractivity contribution >= 4 is 35.0 Å². The van der Waals surface area contributed by atoms with Crippen molar-refractivity contribution in [1.29, 1.82) is 0 Å². The number of anilines is 1. The lowest BCUT2D eigenvalue weighted by Crippen LogP contribution is -2.40. The van der Waals surface area contributed by atoms with Gasteiger partial charge in [-0.3, -0.25) is 15.0 Å². The third-order valence-electron chi connectivity index (χ3n) is 5.11. The third-order valence-corrected chi connectivity index (χ3v) is 5.36. The molecule has 0 aliphatic heterocycles. The average Bonchev–Trinajstić information content (AvgIpc) is 2.83. The van der Waals surface area contributed by atoms with Crippen molar-refractivity contribution in [3.63, 3.8) is 0 Å². The van der Waals surface area contributed by atoms with Gasteiger partial charge < -0.3 is 16.4 Å². The minimum absolute atomic E-state index is 0.0213. The van der Waals surface area contributed by atoms with Crippen molar-refractivity contribution in [2.75, 3.05) is 11.9 Å². The van der Waals surface area contributed by atoms with Crippen molar-refractivity contribution < 1.29 is 9.72 Å². The van der Waals surface area contributed by atoms with E-state index in [-0.39, 0.29) is 17.7 Å². The van der Waals surface area contributed by atoms with Gasteiger partial charge in [0.15, 0.2) is 5.96 Å². The van der Waals surface area contributed by atoms with E-state index < -0.39 is 4.92 Å². The van der Waals surface area contributed by atoms with Crippen LogP contribution in [0.25, 0.3) is 0 Å². The Labute approximate surface area is 202 Å². The van der Waals surface area contributed by atoms with E-state index >= 15 is 0 Å². The first kappa shape index (κ1) is 24.5. The fourth-order valence-corrected chi connectivity index (χ4v) is 3.42. The number of benzene rings is 3. The number of rotatable bonds is 8. The number of nitrogens with two attached hydrogens (primary N) is 2. The highest BCUT2D eigenvalue weighted by atomic mass is 35.5. The van der Waals surface area contributed by atoms with Crippen LogP contribution in [-0.4, -0.2) is 28.9 Å². The Kier molecular flexibility index (Phi) is 8.05. The molecule has 9 nitrogen and oxygen atoms in total. The molecule has 0 fully saturated rings. The van der Waals surface area contributed by atoms with Crippen LogP contribution in [0.15, 0.2) is 77.8 Å². The van der Waals surface area contributed by atoms with Gasteiger partial charge in [-0.15, -0.1) is 0 Å². The van der Waals surface area contributed by atoms with Gasteiger partial charge in [-0.25, -0.2) is 9.79 Å². The maximum atomic E-state index is 13.5. The predicted molar refractivity (Wildman–Crippen MR) is 134 cm³/mol. The van der Waals surface area contributed by atoms with Gasteiger partial charge >= 0.3 is 6.03 Å². The molecule has 34 heavy (non-hydrogen) atoms. The number of nitrogens with zero attached hydrogens (tertiary/aromatic N) is 4. The number of carbonyl (C=O) groups is 1. The zero-order chi connectivity index (χ0) is 24.7. The summed E-state index contributed by atoms with van der Waals surface area (Å²) in [5.74, 6) is 0.0213. The molecule has 0 unspecified atom stereocenters. The maximum absolute atomic E-state index is 13.5. The summed E-state index contributed by atoms with van der Waals surface area (Å²) in [6, 6.07) is 20.5. The van der Waals surface area contributed by atoms with Crippen molar-refractivity contribution in [3.05, 3.63) is 105 Å². The molecule has 0 aliphatic rings. The number of halogens is 1. The highest BCUT2D eigenvalue weighted by molar-refractivity contribution is 6.30. The normalized spacial score (nSPS) is 10.4. The zero-order valence-corrected chi connectivity index (χ0v) is 19.4. The van der Waals surface area contributed by atoms with Gasteiger partial charge in [0.1, 0.15) is 0 Å². The molecule has 0 saturated carbocycles. The van der Waals surface area contributed by atoms with Gasteiger partial charge in [-0.1, -0.05) is 54.1 Å². The number of amides is 2. The van der Waals surface area contributed by atoms with Gasteiger partial charge in [0.05, 0.1) is 17.2 Å². The van der Waals surface area contributed by atoms with Gasteiger partial charge in [0.2, 0.25) is 0 Å². The first-order valence-electron chi connectivity index (χ1n) is 10.4. The van der Waals surface area contributed by atoms with E-state index in [0.717, 1.165) is 16.7 Å². The molecule has 4 N–H and O–H groups in total. The van der Waals surface area contributed by atoms with E-state index in [4.69, 9.17) is 23.1 Å². The molecule has 3 rings (SSSR count). The standard InChI is InChI=1S/C24H25ClN6O3/c1-29(21-3-2-4-22(13-21)31(33)34)24(32)30(16-19-9-11-20(25)12-10-19)15-18-7-5-17(6-8-18)14-28-23(26)27/h2-13H,14-16H2,1H3,(H4,26,27,28). The van der Waals surface area contributed by atoms with Crippen LogP contribution in [0.4, 0.5) is 16.2 Å². The van der Waals surface area contributed by atoms with Crippen LogP contribution in [-0.2, 0) is 19.6 Å². The second-order valence-electron chi connectivity index (χ2n) is 7.66. The quantitative estimate of drug-likeness (QED) is 0.215. The van der Waals surface area contributed by atoms with Crippen molar-refractivity contribution in [3.8, 4) is 0 Å². The summed E-state index contributed by atoms with van der Waals surface area (Å²) in [7, 11) is 1.59. The summed E-state index contributed by atoms with van der Waals surface area (Å²) in [4.78, 5) is 31.2. The Morgan fingerprint density at radius 1 is 0.971 bits per heavy atom. The summed E-state index contributed by atoms with van der Waals surface area (Å²) in [5, 5.41) is 11.8. The average molecular weight is 481 g/mol. The van der Waals surface area contributed by atoms with Gasteiger partial charge in [-0.2, -0.15) is 0 Å². The Morgan fingerprint density at radius 3 is 2.09 bits per heavy atom. The predicted octanol–water partition coefficient (Wildman–Crippen LogP) is 4.28. The number of aliphatic imine (C=N–C) groups is 1. The van der Waals surface area contributed by atoms with E-state index in [1.165, 1.54) is 17.0 Å². The van der Waals surface area contributed by atoms with E-state index in [0.29, 0.717) is 30.3 Å². The molecular formula is C24H25ClN6O3. The van der Waals surface area contributed by atoms with Crippen molar-refractivity contribution in [2.24, 2.45) is 16.5 Å². The number of urea groups is 1. The lowest BCUT2D eigenvalue weighted by atomic mass is 10.1. The second-order valence-corrected chi connectivity index (χ2v) is 8.10. The largest absolute Gasteiger partial charge is 0.370 e. The number of hydrogen-bond donors (Lipinski definition) is 2. The van der Waals surface area contributed by atoms with Crippen LogP contribution >= 0.6 is 11.6 Å². The fraction of sp³-hybridized carbons (Fsp3) is 0.167. The van der Waals surface area contributed by atoms with Crippen LogP contribution < -0.4 is 16.4 Å². The Bertz CT molecular complexity index is 1180. The zero-order valence-electron chi connectivity index (χ0n) is 18.6. The lowest BCUT2D eigenvalue weighted by Gasteiger charge is -2.28. The van der Waals surface area contributed by atoms with E-state index in [9.17, 15) is 14.9 Å². The topological polar surface area (TPSA) is 131 Å². The van der Waals surface area contributed by atoms with Crippen LogP contribution in [0.3, 0.4) is 0 Å². The van der Waals surface area contributed by atoms with Gasteiger partial charge in [0.25, 0.3) is 5.69 Å². The maximum Gasteiger partial charge on any atom is 0.324 e. The molecule has 0 atom stereocenters. The lowest BCUT2D eigenvalue weighted by molar-refractivity contribution is -0.384. The highest BCUT2D eigenvalue weighted by Crippen LogP contribution is 2.23. The molecule has 0 aromatic heterocycles. The Balaban J connectivity index is 1.84. The number of hydrogen-bond acceptors (Lipinski definition) is 4. The first-order chi connectivity index (χ1) is 16.2. The monoisotopic (exact) mass is 480 g/mol. The van der Waals surface area contributed by atoms with Crippen LogP contribution in [0.1, 0.15) is 16.7 Å². The van der Waals surface area contributed by atoms with Crippen LogP contribution in [0, 0.1) is 10.1 Å².